The first-order valence-electron chi connectivity index (χ1n) is 7.88. The molecule has 0 saturated heterocycles. The summed E-state index contributed by atoms with van der Waals surface area (Å²) in [6, 6.07) is 6.52. The van der Waals surface area contributed by atoms with Crippen molar-refractivity contribution in [1.82, 2.24) is 14.4 Å². The zero-order chi connectivity index (χ0) is 16.3. The number of pyridine rings is 2. The summed E-state index contributed by atoms with van der Waals surface area (Å²) < 4.78 is 2.26. The Morgan fingerprint density at radius 2 is 1.64 bits per heavy atom. The van der Waals surface area contributed by atoms with Crippen LogP contribution in [0.2, 0.25) is 0 Å². The standard InChI is InChI=1S/C19H25N3/c1-12-11-20-17-13-8-9-15(18(2,3)4)21-14(13)10-16(22(12)17)19(5,6)7/h8-11H,1-7H3. The van der Waals surface area contributed by atoms with Gasteiger partial charge in [-0.1, -0.05) is 41.5 Å². The first-order valence-corrected chi connectivity index (χ1v) is 7.88. The van der Waals surface area contributed by atoms with Gasteiger partial charge in [0.05, 0.1) is 5.52 Å². The second-order valence-corrected chi connectivity index (χ2v) is 8.22. The lowest BCUT2D eigenvalue weighted by atomic mass is 9.89. The maximum absolute atomic E-state index is 4.93. The molecule has 3 heterocycles. The van der Waals surface area contributed by atoms with Crippen LogP contribution in [-0.2, 0) is 10.8 Å². The number of hydrogen-bond donors (Lipinski definition) is 0. The summed E-state index contributed by atoms with van der Waals surface area (Å²) in [6.07, 6.45) is 1.95. The van der Waals surface area contributed by atoms with Crippen LogP contribution in [0.4, 0.5) is 0 Å². The summed E-state index contributed by atoms with van der Waals surface area (Å²) in [5.41, 5.74) is 5.67. The highest BCUT2D eigenvalue weighted by Gasteiger charge is 2.22. The summed E-state index contributed by atoms with van der Waals surface area (Å²) in [5.74, 6) is 0. The highest BCUT2D eigenvalue weighted by atomic mass is 15.0. The lowest BCUT2D eigenvalue weighted by Gasteiger charge is -2.23. The van der Waals surface area contributed by atoms with E-state index in [-0.39, 0.29) is 10.8 Å². The van der Waals surface area contributed by atoms with E-state index in [1.165, 1.54) is 11.4 Å². The average Bonchev–Trinajstić information content (AvgIpc) is 2.77. The molecule has 3 heteroatoms. The fourth-order valence-corrected chi connectivity index (χ4v) is 2.87. The van der Waals surface area contributed by atoms with E-state index in [0.717, 1.165) is 22.2 Å². The Bertz CT molecular complexity index is 858. The van der Waals surface area contributed by atoms with Crippen molar-refractivity contribution < 1.29 is 0 Å². The van der Waals surface area contributed by atoms with Crippen LogP contribution in [-0.4, -0.2) is 14.4 Å². The van der Waals surface area contributed by atoms with Gasteiger partial charge in [-0.15, -0.1) is 0 Å². The van der Waals surface area contributed by atoms with Crippen molar-refractivity contribution in [2.75, 3.05) is 0 Å². The van der Waals surface area contributed by atoms with Crippen LogP contribution in [0.3, 0.4) is 0 Å². The number of hydrogen-bond acceptors (Lipinski definition) is 2. The summed E-state index contributed by atoms with van der Waals surface area (Å²) in [6.45, 7) is 15.4. The van der Waals surface area contributed by atoms with Crippen molar-refractivity contribution in [2.24, 2.45) is 0 Å². The first kappa shape index (κ1) is 15.0. The minimum atomic E-state index is 0.0390. The highest BCUT2D eigenvalue weighted by Crippen LogP contribution is 2.31. The minimum Gasteiger partial charge on any atom is -0.300 e. The van der Waals surface area contributed by atoms with Gasteiger partial charge in [0.25, 0.3) is 0 Å². The third kappa shape index (κ3) is 2.29. The van der Waals surface area contributed by atoms with E-state index in [0.29, 0.717) is 0 Å². The van der Waals surface area contributed by atoms with Gasteiger partial charge in [-0.25, -0.2) is 4.98 Å². The number of rotatable bonds is 0. The Hall–Kier alpha value is -1.90. The quantitative estimate of drug-likeness (QED) is 0.597. The molecule has 0 aromatic carbocycles. The second-order valence-electron chi connectivity index (χ2n) is 8.22. The molecule has 116 valence electrons. The molecule has 0 N–H and O–H groups in total. The highest BCUT2D eigenvalue weighted by molar-refractivity contribution is 5.92. The molecule has 0 bridgehead atoms. The smallest absolute Gasteiger partial charge is 0.146 e. The van der Waals surface area contributed by atoms with Gasteiger partial charge in [-0.3, -0.25) is 4.98 Å². The average molecular weight is 295 g/mol. The molecular weight excluding hydrogens is 270 g/mol. The molecule has 0 radical (unpaired) electrons. The van der Waals surface area contributed by atoms with Gasteiger partial charge < -0.3 is 4.40 Å². The van der Waals surface area contributed by atoms with Crippen LogP contribution in [0.25, 0.3) is 16.6 Å². The van der Waals surface area contributed by atoms with E-state index >= 15 is 0 Å². The molecule has 3 aromatic rings. The van der Waals surface area contributed by atoms with Gasteiger partial charge >= 0.3 is 0 Å². The largest absolute Gasteiger partial charge is 0.300 e. The van der Waals surface area contributed by atoms with Crippen molar-refractivity contribution in [3.63, 3.8) is 0 Å². The fraction of sp³-hybridized carbons (Fsp3) is 0.474. The molecule has 3 aromatic heterocycles. The van der Waals surface area contributed by atoms with E-state index in [1.807, 2.05) is 6.20 Å². The van der Waals surface area contributed by atoms with Crippen LogP contribution < -0.4 is 0 Å². The van der Waals surface area contributed by atoms with Crippen LogP contribution in [0.1, 0.15) is 58.6 Å². The predicted octanol–water partition coefficient (Wildman–Crippen LogP) is 4.79. The molecule has 0 aliphatic heterocycles. The predicted molar refractivity (Wildman–Crippen MR) is 92.6 cm³/mol. The van der Waals surface area contributed by atoms with Crippen LogP contribution in [0, 0.1) is 6.92 Å². The lowest BCUT2D eigenvalue weighted by Crippen LogP contribution is -2.18. The number of aromatic nitrogens is 3. The Labute approximate surface area is 132 Å². The van der Waals surface area contributed by atoms with Gasteiger partial charge in [0, 0.05) is 39.5 Å². The Morgan fingerprint density at radius 3 is 2.23 bits per heavy atom. The van der Waals surface area contributed by atoms with E-state index < -0.39 is 0 Å². The van der Waals surface area contributed by atoms with Crippen molar-refractivity contribution in [2.45, 2.75) is 59.3 Å². The molecule has 0 spiro atoms. The monoisotopic (exact) mass is 295 g/mol. The van der Waals surface area contributed by atoms with Crippen molar-refractivity contribution >= 4 is 16.6 Å². The molecule has 0 fully saturated rings. The second kappa shape index (κ2) is 4.55. The van der Waals surface area contributed by atoms with Crippen LogP contribution in [0.15, 0.2) is 24.4 Å². The lowest BCUT2D eigenvalue weighted by molar-refractivity contribution is 0.558. The third-order valence-corrected chi connectivity index (χ3v) is 4.15. The summed E-state index contributed by atoms with van der Waals surface area (Å²) in [7, 11) is 0. The van der Waals surface area contributed by atoms with Crippen molar-refractivity contribution in [1.29, 1.82) is 0 Å². The molecular formula is C19H25N3. The van der Waals surface area contributed by atoms with Gasteiger partial charge in [0.2, 0.25) is 0 Å². The number of aryl methyl sites for hydroxylation is 1. The molecule has 0 saturated carbocycles. The van der Waals surface area contributed by atoms with E-state index in [9.17, 15) is 0 Å². The summed E-state index contributed by atoms with van der Waals surface area (Å²) in [4.78, 5) is 9.56. The third-order valence-electron chi connectivity index (χ3n) is 4.15. The molecule has 0 aliphatic carbocycles. The Morgan fingerprint density at radius 1 is 0.955 bits per heavy atom. The van der Waals surface area contributed by atoms with Crippen LogP contribution in [0.5, 0.6) is 0 Å². The van der Waals surface area contributed by atoms with Gasteiger partial charge in [0.15, 0.2) is 0 Å². The van der Waals surface area contributed by atoms with E-state index in [1.54, 1.807) is 0 Å². The molecule has 0 atom stereocenters. The summed E-state index contributed by atoms with van der Waals surface area (Å²) in [5, 5.41) is 1.12. The van der Waals surface area contributed by atoms with E-state index in [2.05, 4.69) is 76.0 Å². The maximum atomic E-state index is 4.93. The first-order chi connectivity index (χ1) is 10.1. The number of fused-ring (bicyclic) bond motifs is 3. The molecule has 22 heavy (non-hydrogen) atoms. The molecule has 3 rings (SSSR count). The molecule has 0 unspecified atom stereocenters. The zero-order valence-corrected chi connectivity index (χ0v) is 14.7. The van der Waals surface area contributed by atoms with Crippen LogP contribution >= 0.6 is 0 Å². The minimum absolute atomic E-state index is 0.0390. The normalized spacial score (nSPS) is 13.2. The maximum Gasteiger partial charge on any atom is 0.146 e. The Balaban J connectivity index is 2.44. The van der Waals surface area contributed by atoms with E-state index in [4.69, 9.17) is 4.98 Å². The molecule has 3 nitrogen and oxygen atoms in total. The van der Waals surface area contributed by atoms with Gasteiger partial charge in [-0.05, 0) is 25.1 Å². The number of imidazole rings is 1. The molecule has 0 aliphatic rings. The number of nitrogens with zero attached hydrogens (tertiary/aromatic N) is 3. The SMILES string of the molecule is Cc1cnc2c3ccc(C(C)(C)C)nc3cc(C(C)(C)C)n12. The fourth-order valence-electron chi connectivity index (χ4n) is 2.87. The Kier molecular flexibility index (Phi) is 3.10. The molecule has 0 amide bonds. The van der Waals surface area contributed by atoms with Crippen molar-refractivity contribution in [3.05, 3.63) is 41.5 Å². The topological polar surface area (TPSA) is 30.2 Å². The summed E-state index contributed by atoms with van der Waals surface area (Å²) >= 11 is 0. The zero-order valence-electron chi connectivity index (χ0n) is 14.7. The van der Waals surface area contributed by atoms with Gasteiger partial charge in [0.1, 0.15) is 5.65 Å². The van der Waals surface area contributed by atoms with Crippen molar-refractivity contribution in [3.8, 4) is 0 Å². The van der Waals surface area contributed by atoms with Gasteiger partial charge in [-0.2, -0.15) is 0 Å².